The highest BCUT2D eigenvalue weighted by molar-refractivity contribution is 5.20. The van der Waals surface area contributed by atoms with Crippen LogP contribution in [0.2, 0.25) is 0 Å². The van der Waals surface area contributed by atoms with Crippen LogP contribution in [0.15, 0.2) is 48.8 Å². The molecule has 84 valence electrons. The molecule has 2 aromatic rings. The molecule has 16 heavy (non-hydrogen) atoms. The first-order valence-corrected chi connectivity index (χ1v) is 5.41. The van der Waals surface area contributed by atoms with E-state index in [-0.39, 0.29) is 0 Å². The predicted molar refractivity (Wildman–Crippen MR) is 64.3 cm³/mol. The number of hydrogen-bond acceptors (Lipinski definition) is 2. The van der Waals surface area contributed by atoms with Crippen LogP contribution in [0.3, 0.4) is 0 Å². The van der Waals surface area contributed by atoms with Crippen molar-refractivity contribution in [2.45, 2.75) is 13.1 Å². The third-order valence-electron chi connectivity index (χ3n) is 2.41. The molecule has 0 bridgehead atoms. The Labute approximate surface area is 95.5 Å². The summed E-state index contributed by atoms with van der Waals surface area (Å²) in [6, 6.07) is 11.9. The summed E-state index contributed by atoms with van der Waals surface area (Å²) in [5.41, 5.74) is 6.69. The van der Waals surface area contributed by atoms with Gasteiger partial charge in [-0.25, -0.2) is 0 Å². The van der Waals surface area contributed by atoms with Crippen molar-refractivity contribution in [3.05, 3.63) is 54.4 Å². The Kier molecular flexibility index (Phi) is 3.62. The molecule has 0 unspecified atom stereocenters. The Morgan fingerprint density at radius 3 is 2.62 bits per heavy atom. The van der Waals surface area contributed by atoms with Gasteiger partial charge in [0, 0.05) is 18.9 Å². The molecule has 0 amide bonds. The fraction of sp³-hybridized carbons (Fsp3) is 0.231. The average molecular weight is 216 g/mol. The molecule has 0 radical (unpaired) electrons. The van der Waals surface area contributed by atoms with Crippen LogP contribution in [-0.4, -0.2) is 11.2 Å². The van der Waals surface area contributed by atoms with Crippen molar-refractivity contribution in [1.82, 2.24) is 4.57 Å². The molecule has 3 nitrogen and oxygen atoms in total. The van der Waals surface area contributed by atoms with Crippen LogP contribution < -0.4 is 10.5 Å². The third kappa shape index (κ3) is 2.87. The lowest BCUT2D eigenvalue weighted by Crippen LogP contribution is -2.06. The molecule has 0 atom stereocenters. The summed E-state index contributed by atoms with van der Waals surface area (Å²) in [6.45, 7) is 2.10. The molecular formula is C13H16N2O. The van der Waals surface area contributed by atoms with E-state index in [1.807, 2.05) is 48.8 Å². The topological polar surface area (TPSA) is 40.2 Å². The highest BCUT2D eigenvalue weighted by atomic mass is 16.5. The minimum Gasteiger partial charge on any atom is -0.492 e. The first kappa shape index (κ1) is 10.8. The van der Waals surface area contributed by atoms with Crippen molar-refractivity contribution >= 4 is 0 Å². The SMILES string of the molecule is NCc1ccn(CCOc2ccccc2)c1. The number of nitrogens with zero attached hydrogens (tertiary/aromatic N) is 1. The molecule has 1 aromatic heterocycles. The van der Waals surface area contributed by atoms with Crippen molar-refractivity contribution < 1.29 is 4.74 Å². The normalized spacial score (nSPS) is 10.3. The van der Waals surface area contributed by atoms with Gasteiger partial charge in [0.2, 0.25) is 0 Å². The van der Waals surface area contributed by atoms with Crippen molar-refractivity contribution in [3.63, 3.8) is 0 Å². The summed E-state index contributed by atoms with van der Waals surface area (Å²) in [7, 11) is 0. The lowest BCUT2D eigenvalue weighted by atomic mass is 10.3. The molecule has 0 saturated heterocycles. The van der Waals surface area contributed by atoms with E-state index in [0.29, 0.717) is 13.2 Å². The summed E-state index contributed by atoms with van der Waals surface area (Å²) in [5.74, 6) is 0.911. The number of nitrogens with two attached hydrogens (primary N) is 1. The van der Waals surface area contributed by atoms with Gasteiger partial charge in [0.05, 0.1) is 6.54 Å². The van der Waals surface area contributed by atoms with Gasteiger partial charge in [0.25, 0.3) is 0 Å². The third-order valence-corrected chi connectivity index (χ3v) is 2.41. The average Bonchev–Trinajstić information content (AvgIpc) is 2.78. The van der Waals surface area contributed by atoms with E-state index in [1.165, 1.54) is 0 Å². The fourth-order valence-electron chi connectivity index (χ4n) is 1.54. The van der Waals surface area contributed by atoms with Gasteiger partial charge in [0.1, 0.15) is 12.4 Å². The summed E-state index contributed by atoms with van der Waals surface area (Å²) in [6.07, 6.45) is 4.07. The minimum atomic E-state index is 0.590. The number of hydrogen-bond donors (Lipinski definition) is 1. The standard InChI is InChI=1S/C13H16N2O/c14-10-12-6-7-15(11-12)8-9-16-13-4-2-1-3-5-13/h1-7,11H,8-10,14H2. The van der Waals surface area contributed by atoms with E-state index in [0.717, 1.165) is 17.9 Å². The van der Waals surface area contributed by atoms with Crippen molar-refractivity contribution in [1.29, 1.82) is 0 Å². The van der Waals surface area contributed by atoms with Crippen LogP contribution in [0, 0.1) is 0 Å². The molecule has 1 aromatic carbocycles. The lowest BCUT2D eigenvalue weighted by Gasteiger charge is -2.06. The molecule has 0 saturated carbocycles. The molecule has 2 rings (SSSR count). The van der Waals surface area contributed by atoms with E-state index in [9.17, 15) is 0 Å². The molecule has 0 aliphatic heterocycles. The maximum absolute atomic E-state index is 5.60. The van der Waals surface area contributed by atoms with E-state index >= 15 is 0 Å². The number of rotatable bonds is 5. The van der Waals surface area contributed by atoms with E-state index in [1.54, 1.807) is 0 Å². The smallest absolute Gasteiger partial charge is 0.119 e. The Morgan fingerprint density at radius 1 is 1.12 bits per heavy atom. The van der Waals surface area contributed by atoms with Gasteiger partial charge >= 0.3 is 0 Å². The second-order valence-corrected chi connectivity index (χ2v) is 3.62. The first-order valence-electron chi connectivity index (χ1n) is 5.41. The second-order valence-electron chi connectivity index (χ2n) is 3.62. The van der Waals surface area contributed by atoms with E-state index < -0.39 is 0 Å². The zero-order valence-electron chi connectivity index (χ0n) is 9.17. The number of benzene rings is 1. The van der Waals surface area contributed by atoms with Crippen LogP contribution >= 0.6 is 0 Å². The summed E-state index contributed by atoms with van der Waals surface area (Å²) < 4.78 is 7.69. The second kappa shape index (κ2) is 5.37. The maximum Gasteiger partial charge on any atom is 0.119 e. The summed E-state index contributed by atoms with van der Waals surface area (Å²) in [4.78, 5) is 0. The van der Waals surface area contributed by atoms with Gasteiger partial charge in [-0.2, -0.15) is 0 Å². The van der Waals surface area contributed by atoms with Crippen molar-refractivity contribution in [2.24, 2.45) is 5.73 Å². The maximum atomic E-state index is 5.60. The Hall–Kier alpha value is -1.74. The largest absolute Gasteiger partial charge is 0.492 e. The predicted octanol–water partition coefficient (Wildman–Crippen LogP) is 2.03. The molecule has 0 aliphatic carbocycles. The number of aromatic nitrogens is 1. The fourth-order valence-corrected chi connectivity index (χ4v) is 1.54. The van der Waals surface area contributed by atoms with E-state index in [2.05, 4.69) is 4.57 Å². The van der Waals surface area contributed by atoms with Crippen LogP contribution in [0.1, 0.15) is 5.56 Å². The lowest BCUT2D eigenvalue weighted by molar-refractivity contribution is 0.298. The van der Waals surface area contributed by atoms with Crippen molar-refractivity contribution in [3.8, 4) is 5.75 Å². The van der Waals surface area contributed by atoms with E-state index in [4.69, 9.17) is 10.5 Å². The van der Waals surface area contributed by atoms with Gasteiger partial charge in [0.15, 0.2) is 0 Å². The Morgan fingerprint density at radius 2 is 1.94 bits per heavy atom. The summed E-state index contributed by atoms with van der Waals surface area (Å²) >= 11 is 0. The summed E-state index contributed by atoms with van der Waals surface area (Å²) in [5, 5.41) is 0. The Bertz CT molecular complexity index is 423. The molecular weight excluding hydrogens is 200 g/mol. The number of para-hydroxylation sites is 1. The van der Waals surface area contributed by atoms with Crippen LogP contribution in [0.5, 0.6) is 5.75 Å². The molecule has 0 aliphatic rings. The van der Waals surface area contributed by atoms with Crippen LogP contribution in [0.25, 0.3) is 0 Å². The number of ether oxygens (including phenoxy) is 1. The quantitative estimate of drug-likeness (QED) is 0.830. The van der Waals surface area contributed by atoms with Gasteiger partial charge in [-0.1, -0.05) is 18.2 Å². The highest BCUT2D eigenvalue weighted by Crippen LogP contribution is 2.08. The zero-order valence-corrected chi connectivity index (χ0v) is 9.17. The van der Waals surface area contributed by atoms with Gasteiger partial charge < -0.3 is 15.0 Å². The molecule has 0 spiro atoms. The van der Waals surface area contributed by atoms with Crippen LogP contribution in [0.4, 0.5) is 0 Å². The van der Waals surface area contributed by atoms with Gasteiger partial charge in [-0.3, -0.25) is 0 Å². The monoisotopic (exact) mass is 216 g/mol. The van der Waals surface area contributed by atoms with Gasteiger partial charge in [-0.05, 0) is 23.8 Å². The van der Waals surface area contributed by atoms with Crippen LogP contribution in [-0.2, 0) is 13.1 Å². The molecule has 3 heteroatoms. The molecule has 2 N–H and O–H groups in total. The zero-order chi connectivity index (χ0) is 11.2. The minimum absolute atomic E-state index is 0.590. The first-order chi connectivity index (χ1) is 7.88. The van der Waals surface area contributed by atoms with Gasteiger partial charge in [-0.15, -0.1) is 0 Å². The molecule has 0 fully saturated rings. The molecule has 1 heterocycles. The highest BCUT2D eigenvalue weighted by Gasteiger charge is 1.95. The van der Waals surface area contributed by atoms with Crippen molar-refractivity contribution in [2.75, 3.05) is 6.61 Å². The Balaban J connectivity index is 1.80.